The molecule has 0 unspecified atom stereocenters. The molecule has 1 heterocycles. The average Bonchev–Trinajstić information content (AvgIpc) is 2.39. The second-order valence-electron chi connectivity index (χ2n) is 6.93. The molecule has 3 nitrogen and oxygen atoms in total. The van der Waals surface area contributed by atoms with Crippen LogP contribution in [0.3, 0.4) is 0 Å². The van der Waals surface area contributed by atoms with E-state index in [1.807, 2.05) is 12.1 Å². The van der Waals surface area contributed by atoms with E-state index in [4.69, 9.17) is 0 Å². The first-order chi connectivity index (χ1) is 9.05. The van der Waals surface area contributed by atoms with Gasteiger partial charge in [-0.05, 0) is 61.6 Å². The van der Waals surface area contributed by atoms with E-state index in [1.165, 1.54) is 25.7 Å². The van der Waals surface area contributed by atoms with E-state index in [2.05, 4.69) is 36.3 Å². The van der Waals surface area contributed by atoms with Crippen molar-refractivity contribution in [1.29, 1.82) is 0 Å². The van der Waals surface area contributed by atoms with E-state index >= 15 is 0 Å². The van der Waals surface area contributed by atoms with Crippen LogP contribution in [-0.4, -0.2) is 16.7 Å². The summed E-state index contributed by atoms with van der Waals surface area (Å²) in [4.78, 5) is 0. The van der Waals surface area contributed by atoms with E-state index in [9.17, 15) is 0 Å². The molecule has 0 aliphatic heterocycles. The van der Waals surface area contributed by atoms with Crippen LogP contribution >= 0.6 is 0 Å². The monoisotopic (exact) mass is 261 g/mol. The predicted octanol–water partition coefficient (Wildman–Crippen LogP) is 3.42. The first kappa shape index (κ1) is 14.4. The van der Waals surface area contributed by atoms with Crippen LogP contribution in [0.15, 0.2) is 18.3 Å². The Morgan fingerprint density at radius 3 is 2.53 bits per heavy atom. The van der Waals surface area contributed by atoms with Crippen molar-refractivity contribution in [3.8, 4) is 0 Å². The van der Waals surface area contributed by atoms with Gasteiger partial charge in [0.25, 0.3) is 0 Å². The number of aromatic nitrogens is 2. The van der Waals surface area contributed by atoms with Crippen molar-refractivity contribution in [2.24, 2.45) is 17.3 Å². The number of rotatable bonds is 4. The van der Waals surface area contributed by atoms with Crippen LogP contribution in [0.2, 0.25) is 0 Å². The predicted molar refractivity (Wildman–Crippen MR) is 78.6 cm³/mol. The Bertz CT molecular complexity index is 361. The summed E-state index contributed by atoms with van der Waals surface area (Å²) in [6.45, 7) is 9.10. The van der Waals surface area contributed by atoms with Crippen LogP contribution < -0.4 is 5.32 Å². The van der Waals surface area contributed by atoms with Crippen LogP contribution in [0, 0.1) is 17.3 Å². The molecule has 0 spiro atoms. The lowest BCUT2D eigenvalue weighted by Gasteiger charge is -2.37. The van der Waals surface area contributed by atoms with Crippen LogP contribution in [0.5, 0.6) is 0 Å². The minimum Gasteiger partial charge on any atom is -0.311 e. The third-order valence-corrected chi connectivity index (χ3v) is 4.44. The maximum Gasteiger partial charge on any atom is 0.0768 e. The number of hydrogen-bond acceptors (Lipinski definition) is 3. The minimum atomic E-state index is 0.484. The summed E-state index contributed by atoms with van der Waals surface area (Å²) in [6, 6.07) is 3.97. The lowest BCUT2D eigenvalue weighted by molar-refractivity contribution is 0.149. The van der Waals surface area contributed by atoms with Gasteiger partial charge in [0.1, 0.15) is 0 Å². The van der Waals surface area contributed by atoms with Gasteiger partial charge in [0.2, 0.25) is 0 Å². The molecule has 106 valence electrons. The standard InChI is InChI=1S/C16H27N3/c1-16(2,3)14-8-6-13(7-9-14)11-17-12-15-5-4-10-18-19-15/h4-5,10,13-14,17H,6-9,11-12H2,1-3H3. The Morgan fingerprint density at radius 1 is 1.21 bits per heavy atom. The largest absolute Gasteiger partial charge is 0.311 e. The van der Waals surface area contributed by atoms with Crippen molar-refractivity contribution < 1.29 is 0 Å². The molecule has 1 saturated carbocycles. The zero-order valence-corrected chi connectivity index (χ0v) is 12.5. The molecule has 1 aromatic rings. The van der Waals surface area contributed by atoms with Gasteiger partial charge in [-0.15, -0.1) is 0 Å². The molecule has 2 rings (SSSR count). The molecule has 1 N–H and O–H groups in total. The number of nitrogens with one attached hydrogen (secondary N) is 1. The molecule has 19 heavy (non-hydrogen) atoms. The van der Waals surface area contributed by atoms with Crippen LogP contribution in [0.25, 0.3) is 0 Å². The van der Waals surface area contributed by atoms with Crippen LogP contribution in [0.4, 0.5) is 0 Å². The molecule has 3 heteroatoms. The van der Waals surface area contributed by atoms with Crippen molar-refractivity contribution in [1.82, 2.24) is 15.5 Å². The zero-order valence-electron chi connectivity index (χ0n) is 12.5. The molecule has 0 atom stereocenters. The topological polar surface area (TPSA) is 37.8 Å². The molecule has 1 fully saturated rings. The Kier molecular flexibility index (Phi) is 4.92. The number of nitrogens with zero attached hydrogens (tertiary/aromatic N) is 2. The zero-order chi connectivity index (χ0) is 13.7. The summed E-state index contributed by atoms with van der Waals surface area (Å²) in [7, 11) is 0. The smallest absolute Gasteiger partial charge is 0.0768 e. The molecular weight excluding hydrogens is 234 g/mol. The lowest BCUT2D eigenvalue weighted by atomic mass is 9.70. The fourth-order valence-electron chi connectivity index (χ4n) is 3.06. The summed E-state index contributed by atoms with van der Waals surface area (Å²) in [5.41, 5.74) is 1.52. The fraction of sp³-hybridized carbons (Fsp3) is 0.750. The van der Waals surface area contributed by atoms with Gasteiger partial charge >= 0.3 is 0 Å². The second-order valence-corrected chi connectivity index (χ2v) is 6.93. The van der Waals surface area contributed by atoms with Gasteiger partial charge in [-0.1, -0.05) is 20.8 Å². The van der Waals surface area contributed by atoms with Crippen molar-refractivity contribution >= 4 is 0 Å². The summed E-state index contributed by atoms with van der Waals surface area (Å²) in [5, 5.41) is 11.5. The van der Waals surface area contributed by atoms with E-state index < -0.39 is 0 Å². The van der Waals surface area contributed by atoms with E-state index in [0.717, 1.165) is 30.6 Å². The summed E-state index contributed by atoms with van der Waals surface area (Å²) in [6.07, 6.45) is 7.24. The molecular formula is C16H27N3. The van der Waals surface area contributed by atoms with Crippen LogP contribution in [-0.2, 0) is 6.54 Å². The molecule has 0 bridgehead atoms. The van der Waals surface area contributed by atoms with Gasteiger partial charge in [0.15, 0.2) is 0 Å². The first-order valence-corrected chi connectivity index (χ1v) is 7.53. The Hall–Kier alpha value is -0.960. The van der Waals surface area contributed by atoms with Gasteiger partial charge in [-0.25, -0.2) is 0 Å². The molecule has 0 aromatic carbocycles. The van der Waals surface area contributed by atoms with Gasteiger partial charge in [0, 0.05) is 12.7 Å². The van der Waals surface area contributed by atoms with Crippen LogP contribution in [0.1, 0.15) is 52.1 Å². The first-order valence-electron chi connectivity index (χ1n) is 7.53. The van der Waals surface area contributed by atoms with Crippen molar-refractivity contribution in [2.45, 2.75) is 53.0 Å². The Balaban J connectivity index is 1.66. The Morgan fingerprint density at radius 2 is 1.95 bits per heavy atom. The highest BCUT2D eigenvalue weighted by Gasteiger charge is 2.29. The van der Waals surface area contributed by atoms with Crippen molar-refractivity contribution in [3.63, 3.8) is 0 Å². The molecule has 0 radical (unpaired) electrons. The molecule has 1 aliphatic carbocycles. The van der Waals surface area contributed by atoms with Gasteiger partial charge < -0.3 is 5.32 Å². The van der Waals surface area contributed by atoms with Crippen molar-refractivity contribution in [2.75, 3.05) is 6.54 Å². The van der Waals surface area contributed by atoms with E-state index in [1.54, 1.807) is 6.20 Å². The van der Waals surface area contributed by atoms with Crippen molar-refractivity contribution in [3.05, 3.63) is 24.0 Å². The second kappa shape index (κ2) is 6.47. The SMILES string of the molecule is CC(C)(C)C1CCC(CNCc2cccnn2)CC1. The summed E-state index contributed by atoms with van der Waals surface area (Å²) in [5.74, 6) is 1.75. The van der Waals surface area contributed by atoms with E-state index in [0.29, 0.717) is 5.41 Å². The molecule has 1 aromatic heterocycles. The average molecular weight is 261 g/mol. The van der Waals surface area contributed by atoms with Gasteiger partial charge in [-0.2, -0.15) is 10.2 Å². The highest BCUT2D eigenvalue weighted by molar-refractivity contribution is 4.98. The quantitative estimate of drug-likeness (QED) is 0.902. The summed E-state index contributed by atoms with van der Waals surface area (Å²) < 4.78 is 0. The summed E-state index contributed by atoms with van der Waals surface area (Å²) >= 11 is 0. The van der Waals surface area contributed by atoms with Gasteiger partial charge in [-0.3, -0.25) is 0 Å². The molecule has 1 aliphatic rings. The van der Waals surface area contributed by atoms with E-state index in [-0.39, 0.29) is 0 Å². The van der Waals surface area contributed by atoms with Gasteiger partial charge in [0.05, 0.1) is 5.69 Å². The normalized spacial score (nSPS) is 24.4. The maximum absolute atomic E-state index is 4.09. The number of hydrogen-bond donors (Lipinski definition) is 1. The molecule has 0 saturated heterocycles. The third-order valence-electron chi connectivity index (χ3n) is 4.44. The lowest BCUT2D eigenvalue weighted by Crippen LogP contribution is -2.30. The maximum atomic E-state index is 4.09. The third kappa shape index (κ3) is 4.57. The highest BCUT2D eigenvalue weighted by Crippen LogP contribution is 2.39. The Labute approximate surface area is 117 Å². The highest BCUT2D eigenvalue weighted by atomic mass is 15.1. The minimum absolute atomic E-state index is 0.484. The fourth-order valence-corrected chi connectivity index (χ4v) is 3.06. The molecule has 0 amide bonds.